The third kappa shape index (κ3) is 3.97. The van der Waals surface area contributed by atoms with Crippen LogP contribution in [0.2, 0.25) is 0 Å². The standard InChI is InChI=1S/C24H28N2O2/c1-24(2,3)19-9-10-22-21(16-19)18(15-23(27)28-22)17-25-11-13-26(14-12-25)20-7-5-4-6-8-20/h4-10,15-16H,11-14,17H2,1-3H3. The average molecular weight is 377 g/mol. The highest BCUT2D eigenvalue weighted by atomic mass is 16.4. The third-order valence-corrected chi connectivity index (χ3v) is 5.58. The van der Waals surface area contributed by atoms with Crippen LogP contribution >= 0.6 is 0 Å². The molecule has 1 fully saturated rings. The first-order chi connectivity index (χ1) is 13.4. The number of hydrogen-bond acceptors (Lipinski definition) is 4. The van der Waals surface area contributed by atoms with Crippen molar-refractivity contribution in [2.45, 2.75) is 32.7 Å². The Balaban J connectivity index is 1.55. The van der Waals surface area contributed by atoms with E-state index in [0.29, 0.717) is 5.58 Å². The molecule has 3 aromatic rings. The summed E-state index contributed by atoms with van der Waals surface area (Å²) in [4.78, 5) is 16.9. The van der Waals surface area contributed by atoms with Crippen molar-refractivity contribution in [3.05, 3.63) is 76.1 Å². The summed E-state index contributed by atoms with van der Waals surface area (Å²) < 4.78 is 5.45. The van der Waals surface area contributed by atoms with Gasteiger partial charge in [0.05, 0.1) is 0 Å². The van der Waals surface area contributed by atoms with Gasteiger partial charge in [-0.05, 0) is 40.8 Å². The van der Waals surface area contributed by atoms with Crippen molar-refractivity contribution >= 4 is 16.7 Å². The van der Waals surface area contributed by atoms with Gasteiger partial charge in [0, 0.05) is 49.9 Å². The van der Waals surface area contributed by atoms with E-state index in [-0.39, 0.29) is 11.0 Å². The molecular weight excluding hydrogens is 348 g/mol. The van der Waals surface area contributed by atoms with E-state index in [9.17, 15) is 4.79 Å². The van der Waals surface area contributed by atoms with E-state index in [1.165, 1.54) is 11.3 Å². The lowest BCUT2D eigenvalue weighted by Gasteiger charge is -2.36. The molecule has 1 saturated heterocycles. The molecule has 0 bridgehead atoms. The zero-order chi connectivity index (χ0) is 19.7. The predicted octanol–water partition coefficient (Wildman–Crippen LogP) is 4.41. The van der Waals surface area contributed by atoms with Crippen molar-refractivity contribution < 1.29 is 4.42 Å². The third-order valence-electron chi connectivity index (χ3n) is 5.58. The van der Waals surface area contributed by atoms with Gasteiger partial charge in [-0.3, -0.25) is 4.90 Å². The number of piperazine rings is 1. The molecule has 0 saturated carbocycles. The van der Waals surface area contributed by atoms with Gasteiger partial charge in [-0.15, -0.1) is 0 Å². The van der Waals surface area contributed by atoms with Crippen molar-refractivity contribution in [1.29, 1.82) is 0 Å². The summed E-state index contributed by atoms with van der Waals surface area (Å²) in [5.74, 6) is 0. The molecular formula is C24H28N2O2. The largest absolute Gasteiger partial charge is 0.423 e. The molecule has 4 nitrogen and oxygen atoms in total. The highest BCUT2D eigenvalue weighted by molar-refractivity contribution is 5.81. The fraction of sp³-hybridized carbons (Fsp3) is 0.375. The van der Waals surface area contributed by atoms with Gasteiger partial charge in [0.15, 0.2) is 0 Å². The van der Waals surface area contributed by atoms with Gasteiger partial charge in [-0.2, -0.15) is 0 Å². The number of para-hydroxylation sites is 1. The van der Waals surface area contributed by atoms with E-state index in [4.69, 9.17) is 4.42 Å². The van der Waals surface area contributed by atoms with Gasteiger partial charge >= 0.3 is 5.63 Å². The van der Waals surface area contributed by atoms with Gasteiger partial charge in [-0.1, -0.05) is 45.0 Å². The Labute approximate surface area is 166 Å². The SMILES string of the molecule is CC(C)(C)c1ccc2oc(=O)cc(CN3CCN(c4ccccc4)CC3)c2c1. The van der Waals surface area contributed by atoms with E-state index in [2.05, 4.69) is 73.0 Å². The number of rotatable bonds is 3. The Morgan fingerprint density at radius 1 is 0.929 bits per heavy atom. The molecule has 4 rings (SSSR count). The fourth-order valence-electron chi connectivity index (χ4n) is 3.87. The van der Waals surface area contributed by atoms with Crippen LogP contribution in [0.15, 0.2) is 63.8 Å². The number of anilines is 1. The van der Waals surface area contributed by atoms with Crippen molar-refractivity contribution in [1.82, 2.24) is 4.90 Å². The van der Waals surface area contributed by atoms with E-state index in [1.54, 1.807) is 6.07 Å². The first kappa shape index (κ1) is 18.8. The maximum Gasteiger partial charge on any atom is 0.336 e. The maximum absolute atomic E-state index is 12.1. The smallest absolute Gasteiger partial charge is 0.336 e. The molecule has 0 atom stereocenters. The van der Waals surface area contributed by atoms with Crippen LogP contribution in [0.1, 0.15) is 31.9 Å². The van der Waals surface area contributed by atoms with Crippen LogP contribution in [0, 0.1) is 0 Å². The molecule has 1 aliphatic rings. The summed E-state index contributed by atoms with van der Waals surface area (Å²) in [6, 6.07) is 18.4. The lowest BCUT2D eigenvalue weighted by molar-refractivity contribution is 0.250. The molecule has 0 aliphatic carbocycles. The summed E-state index contributed by atoms with van der Waals surface area (Å²) in [5, 5.41) is 1.05. The zero-order valence-electron chi connectivity index (χ0n) is 16.9. The molecule has 0 N–H and O–H groups in total. The molecule has 2 aromatic carbocycles. The van der Waals surface area contributed by atoms with E-state index in [1.807, 2.05) is 6.07 Å². The summed E-state index contributed by atoms with van der Waals surface area (Å²) in [5.41, 5.74) is 4.06. The molecule has 0 amide bonds. The molecule has 0 unspecified atom stereocenters. The second kappa shape index (κ2) is 7.44. The predicted molar refractivity (Wildman–Crippen MR) is 115 cm³/mol. The van der Waals surface area contributed by atoms with E-state index >= 15 is 0 Å². The number of fused-ring (bicyclic) bond motifs is 1. The molecule has 4 heteroatoms. The Kier molecular flexibility index (Phi) is 4.98. The topological polar surface area (TPSA) is 36.7 Å². The maximum atomic E-state index is 12.1. The number of benzene rings is 2. The first-order valence-corrected chi connectivity index (χ1v) is 10.00. The second-order valence-electron chi connectivity index (χ2n) is 8.65. The number of hydrogen-bond donors (Lipinski definition) is 0. The highest BCUT2D eigenvalue weighted by Gasteiger charge is 2.20. The van der Waals surface area contributed by atoms with Crippen LogP contribution in [0.4, 0.5) is 5.69 Å². The quantitative estimate of drug-likeness (QED) is 0.635. The van der Waals surface area contributed by atoms with Crippen LogP contribution in [0.25, 0.3) is 11.0 Å². The molecule has 28 heavy (non-hydrogen) atoms. The van der Waals surface area contributed by atoms with Crippen molar-refractivity contribution in [3.63, 3.8) is 0 Å². The summed E-state index contributed by atoms with van der Waals surface area (Å²) in [6.07, 6.45) is 0. The Morgan fingerprint density at radius 3 is 2.32 bits per heavy atom. The van der Waals surface area contributed by atoms with Gasteiger partial charge in [0.2, 0.25) is 0 Å². The normalized spacial score (nSPS) is 15.9. The lowest BCUT2D eigenvalue weighted by atomic mass is 9.86. The lowest BCUT2D eigenvalue weighted by Crippen LogP contribution is -2.46. The van der Waals surface area contributed by atoms with E-state index in [0.717, 1.165) is 43.7 Å². The molecule has 146 valence electrons. The van der Waals surface area contributed by atoms with Crippen LogP contribution in [0.3, 0.4) is 0 Å². The molecule has 0 spiro atoms. The van der Waals surface area contributed by atoms with Gasteiger partial charge < -0.3 is 9.32 Å². The highest BCUT2D eigenvalue weighted by Crippen LogP contribution is 2.28. The van der Waals surface area contributed by atoms with Crippen molar-refractivity contribution in [2.75, 3.05) is 31.1 Å². The molecule has 0 radical (unpaired) electrons. The monoisotopic (exact) mass is 376 g/mol. The van der Waals surface area contributed by atoms with Crippen LogP contribution < -0.4 is 10.5 Å². The average Bonchev–Trinajstić information content (AvgIpc) is 2.68. The second-order valence-corrected chi connectivity index (χ2v) is 8.65. The molecule has 2 heterocycles. The first-order valence-electron chi connectivity index (χ1n) is 10.00. The Bertz CT molecular complexity index is 1010. The van der Waals surface area contributed by atoms with Crippen molar-refractivity contribution in [3.8, 4) is 0 Å². The summed E-state index contributed by atoms with van der Waals surface area (Å²) in [7, 11) is 0. The zero-order valence-corrected chi connectivity index (χ0v) is 16.9. The summed E-state index contributed by atoms with van der Waals surface area (Å²) >= 11 is 0. The fourth-order valence-corrected chi connectivity index (χ4v) is 3.87. The minimum atomic E-state index is -0.270. The van der Waals surface area contributed by atoms with E-state index < -0.39 is 0 Å². The van der Waals surface area contributed by atoms with Crippen LogP contribution in [-0.4, -0.2) is 31.1 Å². The number of nitrogens with zero attached hydrogens (tertiary/aromatic N) is 2. The van der Waals surface area contributed by atoms with Gasteiger partial charge in [0.1, 0.15) is 5.58 Å². The van der Waals surface area contributed by atoms with Crippen LogP contribution in [0.5, 0.6) is 0 Å². The van der Waals surface area contributed by atoms with Crippen LogP contribution in [-0.2, 0) is 12.0 Å². The van der Waals surface area contributed by atoms with Gasteiger partial charge in [-0.25, -0.2) is 4.79 Å². The van der Waals surface area contributed by atoms with Crippen molar-refractivity contribution in [2.24, 2.45) is 0 Å². The molecule has 1 aliphatic heterocycles. The van der Waals surface area contributed by atoms with Gasteiger partial charge in [0.25, 0.3) is 0 Å². The Morgan fingerprint density at radius 2 is 1.64 bits per heavy atom. The minimum Gasteiger partial charge on any atom is -0.423 e. The summed E-state index contributed by atoms with van der Waals surface area (Å²) in [6.45, 7) is 11.3. The molecule has 1 aromatic heterocycles. The Hall–Kier alpha value is -2.59. The minimum absolute atomic E-state index is 0.0584.